The summed E-state index contributed by atoms with van der Waals surface area (Å²) in [6.07, 6.45) is 13.7. The molecule has 70 valence electrons. The van der Waals surface area contributed by atoms with E-state index in [-0.39, 0.29) is 0 Å². The van der Waals surface area contributed by atoms with Crippen molar-refractivity contribution in [1.82, 2.24) is 0 Å². The molecule has 1 heteroatoms. The largest absolute Gasteiger partial charge is 0.381 e. The molecule has 1 rings (SSSR count). The molecule has 0 atom stereocenters. The molecule has 0 saturated carbocycles. The van der Waals surface area contributed by atoms with Crippen LogP contribution in [0.4, 0.5) is 0 Å². The minimum absolute atomic E-state index is 0.913. The zero-order chi connectivity index (χ0) is 8.49. The summed E-state index contributed by atoms with van der Waals surface area (Å²) >= 11 is 0. The van der Waals surface area contributed by atoms with Gasteiger partial charge in [-0.3, -0.25) is 0 Å². The predicted molar refractivity (Wildman–Crippen MR) is 52.3 cm³/mol. The summed E-state index contributed by atoms with van der Waals surface area (Å²) in [5.41, 5.74) is 0. The van der Waals surface area contributed by atoms with Crippen molar-refractivity contribution in [3.63, 3.8) is 0 Å². The average molecular weight is 168 g/mol. The number of hydrogen-bond acceptors (Lipinski definition) is 1. The van der Waals surface area contributed by atoms with E-state index >= 15 is 0 Å². The molecule has 0 saturated heterocycles. The summed E-state index contributed by atoms with van der Waals surface area (Å²) in [7, 11) is 0. The molecule has 0 N–H and O–H groups in total. The first-order chi connectivity index (χ1) is 6.00. The SMILES string of the molecule is C1=C/CCOCCCCCCC/1. The summed E-state index contributed by atoms with van der Waals surface area (Å²) in [5, 5.41) is 0. The van der Waals surface area contributed by atoms with Crippen molar-refractivity contribution < 1.29 is 4.74 Å². The van der Waals surface area contributed by atoms with Gasteiger partial charge in [-0.15, -0.1) is 0 Å². The second-order valence-corrected chi connectivity index (χ2v) is 3.43. The third-order valence-corrected chi connectivity index (χ3v) is 2.25. The first-order valence-corrected chi connectivity index (χ1v) is 5.23. The lowest BCUT2D eigenvalue weighted by molar-refractivity contribution is 0.134. The summed E-state index contributed by atoms with van der Waals surface area (Å²) in [6.45, 7) is 1.88. The van der Waals surface area contributed by atoms with Gasteiger partial charge < -0.3 is 4.74 Å². The Morgan fingerprint density at radius 2 is 1.42 bits per heavy atom. The van der Waals surface area contributed by atoms with Crippen molar-refractivity contribution in [2.24, 2.45) is 0 Å². The van der Waals surface area contributed by atoms with E-state index in [2.05, 4.69) is 12.2 Å². The molecule has 12 heavy (non-hydrogen) atoms. The molecule has 0 spiro atoms. The standard InChI is InChI=1S/C11H20O/c1-2-4-6-8-10-12-11-9-7-5-3-1/h4,6H,1-3,5,7-11H2/b6-4+. The first kappa shape index (κ1) is 9.79. The highest BCUT2D eigenvalue weighted by Gasteiger charge is 1.92. The van der Waals surface area contributed by atoms with Gasteiger partial charge >= 0.3 is 0 Å². The van der Waals surface area contributed by atoms with Crippen molar-refractivity contribution in [3.05, 3.63) is 12.2 Å². The maximum atomic E-state index is 5.46. The highest BCUT2D eigenvalue weighted by Crippen LogP contribution is 2.07. The molecule has 1 aliphatic heterocycles. The van der Waals surface area contributed by atoms with Gasteiger partial charge in [0.15, 0.2) is 0 Å². The van der Waals surface area contributed by atoms with Crippen LogP contribution in [0.2, 0.25) is 0 Å². The van der Waals surface area contributed by atoms with Gasteiger partial charge in [0, 0.05) is 6.61 Å². The van der Waals surface area contributed by atoms with Gasteiger partial charge in [0.2, 0.25) is 0 Å². The number of allylic oxidation sites excluding steroid dienone is 1. The van der Waals surface area contributed by atoms with Crippen LogP contribution in [0.3, 0.4) is 0 Å². The van der Waals surface area contributed by atoms with E-state index in [1.165, 1.54) is 38.5 Å². The van der Waals surface area contributed by atoms with E-state index in [1.54, 1.807) is 0 Å². The summed E-state index contributed by atoms with van der Waals surface area (Å²) in [6, 6.07) is 0. The van der Waals surface area contributed by atoms with Crippen LogP contribution in [0.1, 0.15) is 44.9 Å². The molecule has 0 aromatic rings. The number of ether oxygens (including phenoxy) is 1. The zero-order valence-electron chi connectivity index (χ0n) is 7.93. The van der Waals surface area contributed by atoms with Gasteiger partial charge in [0.25, 0.3) is 0 Å². The van der Waals surface area contributed by atoms with E-state index in [4.69, 9.17) is 4.74 Å². The van der Waals surface area contributed by atoms with Gasteiger partial charge in [-0.2, -0.15) is 0 Å². The molecule has 0 bridgehead atoms. The second-order valence-electron chi connectivity index (χ2n) is 3.43. The Morgan fingerprint density at radius 1 is 0.667 bits per heavy atom. The highest BCUT2D eigenvalue weighted by molar-refractivity contribution is 4.81. The lowest BCUT2D eigenvalue weighted by atomic mass is 10.1. The van der Waals surface area contributed by atoms with Crippen LogP contribution in [0, 0.1) is 0 Å². The lowest BCUT2D eigenvalue weighted by Gasteiger charge is -2.04. The fourth-order valence-electron chi connectivity index (χ4n) is 1.49. The van der Waals surface area contributed by atoms with E-state index in [0.717, 1.165) is 19.6 Å². The molecule has 0 unspecified atom stereocenters. The zero-order valence-corrected chi connectivity index (χ0v) is 7.93. The van der Waals surface area contributed by atoms with Crippen LogP contribution in [-0.4, -0.2) is 13.2 Å². The lowest BCUT2D eigenvalue weighted by Crippen LogP contribution is -1.96. The molecule has 0 aliphatic carbocycles. The van der Waals surface area contributed by atoms with Crippen LogP contribution in [0.25, 0.3) is 0 Å². The molecular formula is C11H20O. The minimum Gasteiger partial charge on any atom is -0.381 e. The molecule has 1 nitrogen and oxygen atoms in total. The Morgan fingerprint density at radius 3 is 2.42 bits per heavy atom. The maximum Gasteiger partial charge on any atom is 0.0500 e. The molecular weight excluding hydrogens is 148 g/mol. The summed E-state index contributed by atoms with van der Waals surface area (Å²) < 4.78 is 5.46. The van der Waals surface area contributed by atoms with Crippen LogP contribution in [0.15, 0.2) is 12.2 Å². The number of rotatable bonds is 0. The van der Waals surface area contributed by atoms with Gasteiger partial charge in [0.1, 0.15) is 0 Å². The first-order valence-electron chi connectivity index (χ1n) is 5.23. The van der Waals surface area contributed by atoms with Gasteiger partial charge in [0.05, 0.1) is 6.61 Å². The molecule has 0 amide bonds. The van der Waals surface area contributed by atoms with Crippen molar-refractivity contribution in [3.8, 4) is 0 Å². The molecule has 0 aromatic carbocycles. The Labute approximate surface area is 75.8 Å². The fourth-order valence-corrected chi connectivity index (χ4v) is 1.49. The van der Waals surface area contributed by atoms with Crippen LogP contribution >= 0.6 is 0 Å². The van der Waals surface area contributed by atoms with Crippen molar-refractivity contribution in [2.75, 3.05) is 13.2 Å². The quantitative estimate of drug-likeness (QED) is 0.504. The molecule has 0 fully saturated rings. The van der Waals surface area contributed by atoms with Crippen molar-refractivity contribution in [2.45, 2.75) is 44.9 Å². The molecule has 0 aromatic heterocycles. The maximum absolute atomic E-state index is 5.46. The molecule has 1 heterocycles. The minimum atomic E-state index is 0.913. The smallest absolute Gasteiger partial charge is 0.0500 e. The average Bonchev–Trinajstić information content (AvgIpc) is 2.05. The Bertz CT molecular complexity index is 104. The van der Waals surface area contributed by atoms with E-state index in [9.17, 15) is 0 Å². The summed E-state index contributed by atoms with van der Waals surface area (Å²) in [4.78, 5) is 0. The van der Waals surface area contributed by atoms with E-state index in [0.29, 0.717) is 0 Å². The fraction of sp³-hybridized carbons (Fsp3) is 0.818. The van der Waals surface area contributed by atoms with Crippen LogP contribution in [-0.2, 0) is 4.74 Å². The van der Waals surface area contributed by atoms with E-state index < -0.39 is 0 Å². The Hall–Kier alpha value is -0.300. The Kier molecular flexibility index (Phi) is 6.00. The third-order valence-electron chi connectivity index (χ3n) is 2.25. The summed E-state index contributed by atoms with van der Waals surface area (Å²) in [5.74, 6) is 0. The van der Waals surface area contributed by atoms with Crippen molar-refractivity contribution >= 4 is 0 Å². The monoisotopic (exact) mass is 168 g/mol. The van der Waals surface area contributed by atoms with Crippen LogP contribution < -0.4 is 0 Å². The van der Waals surface area contributed by atoms with Gasteiger partial charge in [-0.05, 0) is 25.7 Å². The van der Waals surface area contributed by atoms with Crippen LogP contribution in [0.5, 0.6) is 0 Å². The van der Waals surface area contributed by atoms with E-state index in [1.807, 2.05) is 0 Å². The molecule has 0 radical (unpaired) electrons. The third kappa shape index (κ3) is 5.36. The predicted octanol–water partition coefficient (Wildman–Crippen LogP) is 3.30. The Balaban J connectivity index is 2.10. The topological polar surface area (TPSA) is 9.23 Å². The van der Waals surface area contributed by atoms with Crippen molar-refractivity contribution in [1.29, 1.82) is 0 Å². The number of hydrogen-bond donors (Lipinski definition) is 0. The highest BCUT2D eigenvalue weighted by atomic mass is 16.5. The van der Waals surface area contributed by atoms with Gasteiger partial charge in [-0.1, -0.05) is 31.4 Å². The second kappa shape index (κ2) is 7.35. The normalized spacial score (nSPS) is 25.3. The van der Waals surface area contributed by atoms with Gasteiger partial charge in [-0.25, -0.2) is 0 Å². The molecule has 1 aliphatic rings.